The number of rotatable bonds is 9. The molecule has 1 aliphatic heterocycles. The van der Waals surface area contributed by atoms with E-state index >= 15 is 0 Å². The second-order valence-corrected chi connectivity index (χ2v) is 2.99. The molecule has 1 aliphatic rings. The van der Waals surface area contributed by atoms with Gasteiger partial charge in [-0.1, -0.05) is 0 Å². The standard InChI is InChI=1S/C9H18O4/c1-10-5-6-11-3-2-4-12-7-9-8-13-9/h9H,2-8H2,1H3. The van der Waals surface area contributed by atoms with Crippen LogP contribution in [0, 0.1) is 0 Å². The molecule has 78 valence electrons. The molecular formula is C9H18O4. The molecule has 0 saturated carbocycles. The van der Waals surface area contributed by atoms with E-state index < -0.39 is 0 Å². The van der Waals surface area contributed by atoms with E-state index in [1.54, 1.807) is 7.11 Å². The largest absolute Gasteiger partial charge is 0.382 e. The van der Waals surface area contributed by atoms with Gasteiger partial charge in [-0.2, -0.15) is 0 Å². The molecule has 4 heteroatoms. The Morgan fingerprint density at radius 3 is 2.62 bits per heavy atom. The van der Waals surface area contributed by atoms with Gasteiger partial charge in [-0.15, -0.1) is 0 Å². The van der Waals surface area contributed by atoms with Crippen LogP contribution >= 0.6 is 0 Å². The van der Waals surface area contributed by atoms with Crippen LogP contribution in [-0.2, 0) is 18.9 Å². The van der Waals surface area contributed by atoms with Gasteiger partial charge in [0.15, 0.2) is 0 Å². The fraction of sp³-hybridized carbons (Fsp3) is 1.00. The molecule has 0 aromatic heterocycles. The van der Waals surface area contributed by atoms with Crippen molar-refractivity contribution in [2.75, 3.05) is 46.8 Å². The van der Waals surface area contributed by atoms with Crippen LogP contribution in [0.25, 0.3) is 0 Å². The second-order valence-electron chi connectivity index (χ2n) is 2.99. The second kappa shape index (κ2) is 7.26. The van der Waals surface area contributed by atoms with Gasteiger partial charge in [-0.05, 0) is 6.42 Å². The first-order chi connectivity index (χ1) is 6.43. The lowest BCUT2D eigenvalue weighted by Gasteiger charge is -2.03. The molecule has 1 rings (SSSR count). The first kappa shape index (κ1) is 10.9. The van der Waals surface area contributed by atoms with Crippen LogP contribution in [0.1, 0.15) is 6.42 Å². The van der Waals surface area contributed by atoms with E-state index in [-0.39, 0.29) is 0 Å². The minimum atomic E-state index is 0.370. The molecule has 0 radical (unpaired) electrons. The maximum atomic E-state index is 5.33. The fourth-order valence-electron chi connectivity index (χ4n) is 0.886. The van der Waals surface area contributed by atoms with E-state index in [0.29, 0.717) is 19.3 Å². The Morgan fingerprint density at radius 1 is 1.15 bits per heavy atom. The molecular weight excluding hydrogens is 172 g/mol. The van der Waals surface area contributed by atoms with E-state index in [4.69, 9.17) is 18.9 Å². The van der Waals surface area contributed by atoms with E-state index in [0.717, 1.165) is 32.8 Å². The van der Waals surface area contributed by atoms with Crippen LogP contribution in [0.2, 0.25) is 0 Å². The Hall–Kier alpha value is -0.160. The molecule has 0 bridgehead atoms. The van der Waals surface area contributed by atoms with Crippen molar-refractivity contribution < 1.29 is 18.9 Å². The highest BCUT2D eigenvalue weighted by Gasteiger charge is 2.21. The number of methoxy groups -OCH3 is 1. The van der Waals surface area contributed by atoms with Gasteiger partial charge in [0.1, 0.15) is 6.10 Å². The summed E-state index contributed by atoms with van der Waals surface area (Å²) in [7, 11) is 1.67. The highest BCUT2D eigenvalue weighted by molar-refractivity contribution is 4.66. The van der Waals surface area contributed by atoms with Gasteiger partial charge in [0.25, 0.3) is 0 Å². The van der Waals surface area contributed by atoms with Crippen molar-refractivity contribution >= 4 is 0 Å². The van der Waals surface area contributed by atoms with Crippen LogP contribution in [0.4, 0.5) is 0 Å². The molecule has 0 amide bonds. The summed E-state index contributed by atoms with van der Waals surface area (Å²) in [6.45, 7) is 4.43. The summed E-state index contributed by atoms with van der Waals surface area (Å²) in [6, 6.07) is 0. The molecule has 13 heavy (non-hydrogen) atoms. The lowest BCUT2D eigenvalue weighted by Crippen LogP contribution is -2.07. The zero-order valence-electron chi connectivity index (χ0n) is 8.16. The first-order valence-electron chi connectivity index (χ1n) is 4.69. The number of ether oxygens (including phenoxy) is 4. The van der Waals surface area contributed by atoms with Crippen molar-refractivity contribution in [2.45, 2.75) is 12.5 Å². The molecule has 1 saturated heterocycles. The van der Waals surface area contributed by atoms with Crippen molar-refractivity contribution in [3.63, 3.8) is 0 Å². The lowest BCUT2D eigenvalue weighted by atomic mass is 10.5. The van der Waals surface area contributed by atoms with Crippen molar-refractivity contribution in [2.24, 2.45) is 0 Å². The smallest absolute Gasteiger partial charge is 0.104 e. The summed E-state index contributed by atoms with van der Waals surface area (Å²) in [5.41, 5.74) is 0. The number of hydrogen-bond acceptors (Lipinski definition) is 4. The van der Waals surface area contributed by atoms with Gasteiger partial charge >= 0.3 is 0 Å². The van der Waals surface area contributed by atoms with E-state index in [1.165, 1.54) is 0 Å². The Morgan fingerprint density at radius 2 is 1.92 bits per heavy atom. The topological polar surface area (TPSA) is 40.2 Å². The quantitative estimate of drug-likeness (QED) is 0.391. The minimum absolute atomic E-state index is 0.370. The predicted octanol–water partition coefficient (Wildman–Crippen LogP) is 0.455. The molecule has 4 nitrogen and oxygen atoms in total. The monoisotopic (exact) mass is 190 g/mol. The molecule has 0 aromatic rings. The Labute approximate surface area is 79.1 Å². The van der Waals surface area contributed by atoms with Crippen LogP contribution < -0.4 is 0 Å². The van der Waals surface area contributed by atoms with Crippen LogP contribution in [0.3, 0.4) is 0 Å². The first-order valence-corrected chi connectivity index (χ1v) is 4.69. The lowest BCUT2D eigenvalue weighted by molar-refractivity contribution is 0.0488. The van der Waals surface area contributed by atoms with Gasteiger partial charge < -0.3 is 18.9 Å². The molecule has 0 spiro atoms. The summed E-state index contributed by atoms with van der Waals surface area (Å²) in [6.07, 6.45) is 1.31. The summed E-state index contributed by atoms with van der Waals surface area (Å²) >= 11 is 0. The Kier molecular flexibility index (Phi) is 6.10. The van der Waals surface area contributed by atoms with Crippen LogP contribution in [0.15, 0.2) is 0 Å². The summed E-state index contributed by atoms with van der Waals surface area (Å²) in [5.74, 6) is 0. The number of hydrogen-bond donors (Lipinski definition) is 0. The molecule has 0 aromatic carbocycles. The highest BCUT2D eigenvalue weighted by atomic mass is 16.6. The van der Waals surface area contributed by atoms with Crippen molar-refractivity contribution in [1.29, 1.82) is 0 Å². The van der Waals surface area contributed by atoms with Gasteiger partial charge in [0, 0.05) is 20.3 Å². The SMILES string of the molecule is COCCOCCCOCC1CO1. The fourth-order valence-corrected chi connectivity index (χ4v) is 0.886. The van der Waals surface area contributed by atoms with Gasteiger partial charge in [0.2, 0.25) is 0 Å². The predicted molar refractivity (Wildman–Crippen MR) is 47.9 cm³/mol. The Bertz CT molecular complexity index is 114. The zero-order chi connectivity index (χ0) is 9.36. The van der Waals surface area contributed by atoms with Crippen molar-refractivity contribution in [3.05, 3.63) is 0 Å². The molecule has 0 N–H and O–H groups in total. The third-order valence-electron chi connectivity index (χ3n) is 1.72. The van der Waals surface area contributed by atoms with E-state index in [9.17, 15) is 0 Å². The maximum Gasteiger partial charge on any atom is 0.104 e. The zero-order valence-corrected chi connectivity index (χ0v) is 8.16. The number of epoxide rings is 1. The minimum Gasteiger partial charge on any atom is -0.382 e. The van der Waals surface area contributed by atoms with Gasteiger partial charge in [-0.3, -0.25) is 0 Å². The average Bonchev–Trinajstić information content (AvgIpc) is 2.93. The van der Waals surface area contributed by atoms with Crippen molar-refractivity contribution in [1.82, 2.24) is 0 Å². The maximum absolute atomic E-state index is 5.33. The van der Waals surface area contributed by atoms with Crippen LogP contribution in [-0.4, -0.2) is 52.9 Å². The third kappa shape index (κ3) is 6.95. The molecule has 1 fully saturated rings. The molecule has 1 atom stereocenters. The molecule has 1 heterocycles. The summed E-state index contributed by atoms with van der Waals surface area (Å²) in [4.78, 5) is 0. The van der Waals surface area contributed by atoms with E-state index in [1.807, 2.05) is 0 Å². The summed E-state index contributed by atoms with van der Waals surface area (Å²) in [5, 5.41) is 0. The molecule has 0 aliphatic carbocycles. The summed E-state index contributed by atoms with van der Waals surface area (Å²) < 4.78 is 20.4. The van der Waals surface area contributed by atoms with Crippen molar-refractivity contribution in [3.8, 4) is 0 Å². The Balaban J connectivity index is 1.63. The van der Waals surface area contributed by atoms with Crippen LogP contribution in [0.5, 0.6) is 0 Å². The van der Waals surface area contributed by atoms with Gasteiger partial charge in [0.05, 0.1) is 26.4 Å². The highest BCUT2D eigenvalue weighted by Crippen LogP contribution is 2.08. The van der Waals surface area contributed by atoms with Gasteiger partial charge in [-0.25, -0.2) is 0 Å². The molecule has 1 unspecified atom stereocenters. The third-order valence-corrected chi connectivity index (χ3v) is 1.72. The van der Waals surface area contributed by atoms with E-state index in [2.05, 4.69) is 0 Å². The average molecular weight is 190 g/mol. The normalized spacial score (nSPS) is 20.5.